The first-order valence-corrected chi connectivity index (χ1v) is 12.8. The Morgan fingerprint density at radius 3 is 2.78 bits per heavy atom. The second-order valence-corrected chi connectivity index (χ2v) is 10.0. The fraction of sp³-hybridized carbons (Fsp3) is 0.259. The number of H-pyrrole nitrogens is 1. The molecule has 0 spiro atoms. The maximum atomic E-state index is 13.3. The van der Waals surface area contributed by atoms with Crippen molar-refractivity contribution in [3.8, 4) is 17.0 Å². The smallest absolute Gasteiger partial charge is 0.277 e. The van der Waals surface area contributed by atoms with Gasteiger partial charge in [-0.15, -0.1) is 11.3 Å². The number of rotatable bonds is 6. The van der Waals surface area contributed by atoms with Crippen LogP contribution in [0.25, 0.3) is 27.1 Å². The van der Waals surface area contributed by atoms with Gasteiger partial charge >= 0.3 is 0 Å². The van der Waals surface area contributed by atoms with Crippen molar-refractivity contribution in [1.29, 1.82) is 0 Å². The molecule has 182 valence electrons. The van der Waals surface area contributed by atoms with E-state index in [4.69, 9.17) is 9.72 Å². The Kier molecular flexibility index (Phi) is 5.77. The molecule has 1 N–H and O–H groups in total. The second-order valence-electron chi connectivity index (χ2n) is 8.93. The molecule has 0 unspecified atom stereocenters. The highest BCUT2D eigenvalue weighted by Crippen LogP contribution is 2.25. The maximum Gasteiger partial charge on any atom is 0.277 e. The van der Waals surface area contributed by atoms with E-state index >= 15 is 0 Å². The SMILES string of the molecule is COc1ccc(-c2cc3nc4c(c(=O)n3[nH]2)CN(C(=O)CCCc2nc3ccccc3s2)CC4)cc1. The molecule has 6 rings (SSSR count). The minimum atomic E-state index is -0.151. The van der Waals surface area contributed by atoms with Gasteiger partial charge in [0.05, 0.1) is 45.8 Å². The molecule has 4 heterocycles. The minimum absolute atomic E-state index is 0.0664. The summed E-state index contributed by atoms with van der Waals surface area (Å²) in [6.45, 7) is 0.867. The van der Waals surface area contributed by atoms with Crippen molar-refractivity contribution < 1.29 is 9.53 Å². The summed E-state index contributed by atoms with van der Waals surface area (Å²) in [5.74, 6) is 0.835. The molecule has 0 saturated heterocycles. The maximum absolute atomic E-state index is 13.3. The first-order chi connectivity index (χ1) is 17.6. The third-order valence-corrected chi connectivity index (χ3v) is 7.73. The Hall–Kier alpha value is -3.98. The van der Waals surface area contributed by atoms with Gasteiger partial charge in [-0.3, -0.25) is 14.7 Å². The van der Waals surface area contributed by atoms with Gasteiger partial charge in [0.1, 0.15) is 5.75 Å². The lowest BCUT2D eigenvalue weighted by Crippen LogP contribution is -2.40. The number of methoxy groups -OCH3 is 1. The fourth-order valence-electron chi connectivity index (χ4n) is 4.69. The molecule has 3 aromatic heterocycles. The van der Waals surface area contributed by atoms with Gasteiger partial charge in [-0.1, -0.05) is 12.1 Å². The van der Waals surface area contributed by atoms with E-state index in [2.05, 4.69) is 16.1 Å². The van der Waals surface area contributed by atoms with Gasteiger partial charge in [-0.25, -0.2) is 14.5 Å². The highest BCUT2D eigenvalue weighted by molar-refractivity contribution is 7.18. The standard InChI is InChI=1S/C27H25N5O3S/c1-35-18-11-9-17(10-12-18)22-15-24-28-20-13-14-31(16-19(20)27(34)32(24)30-22)26(33)8-4-7-25-29-21-5-2-3-6-23(21)36-25/h2-3,5-6,9-12,15,30H,4,7-8,13-14,16H2,1H3. The molecule has 0 saturated carbocycles. The van der Waals surface area contributed by atoms with Crippen LogP contribution in [0.5, 0.6) is 5.75 Å². The van der Waals surface area contributed by atoms with Crippen LogP contribution in [-0.2, 0) is 24.2 Å². The molecule has 0 aliphatic carbocycles. The number of ether oxygens (including phenoxy) is 1. The number of aryl methyl sites for hydroxylation is 1. The molecular formula is C27H25N5O3S. The van der Waals surface area contributed by atoms with E-state index in [0.717, 1.165) is 46.1 Å². The lowest BCUT2D eigenvalue weighted by atomic mass is 10.1. The normalized spacial score (nSPS) is 13.3. The highest BCUT2D eigenvalue weighted by Gasteiger charge is 2.25. The molecule has 9 heteroatoms. The Bertz CT molecular complexity index is 1600. The molecule has 0 fully saturated rings. The molecule has 0 bridgehead atoms. The van der Waals surface area contributed by atoms with Crippen LogP contribution in [-0.4, -0.2) is 44.0 Å². The van der Waals surface area contributed by atoms with E-state index < -0.39 is 0 Å². The van der Waals surface area contributed by atoms with Crippen LogP contribution in [0.4, 0.5) is 0 Å². The first kappa shape index (κ1) is 22.5. The molecule has 1 aliphatic rings. The molecule has 1 aliphatic heterocycles. The third kappa shape index (κ3) is 4.15. The first-order valence-electron chi connectivity index (χ1n) is 12.0. The van der Waals surface area contributed by atoms with Crippen LogP contribution in [0.1, 0.15) is 29.1 Å². The van der Waals surface area contributed by atoms with E-state index in [1.54, 1.807) is 23.3 Å². The number of aromatic amines is 1. The summed E-state index contributed by atoms with van der Waals surface area (Å²) in [4.78, 5) is 37.4. The van der Waals surface area contributed by atoms with Gasteiger partial charge in [0.15, 0.2) is 5.65 Å². The van der Waals surface area contributed by atoms with Gasteiger partial charge in [0, 0.05) is 25.5 Å². The van der Waals surface area contributed by atoms with Crippen molar-refractivity contribution in [2.75, 3.05) is 13.7 Å². The monoisotopic (exact) mass is 499 g/mol. The van der Waals surface area contributed by atoms with Gasteiger partial charge < -0.3 is 9.64 Å². The predicted octanol–water partition coefficient (Wildman–Crippen LogP) is 4.22. The number of carbonyl (C=O) groups is 1. The van der Waals surface area contributed by atoms with Crippen molar-refractivity contribution in [1.82, 2.24) is 24.5 Å². The summed E-state index contributed by atoms with van der Waals surface area (Å²) in [5, 5.41) is 4.22. The molecule has 2 aromatic carbocycles. The average molecular weight is 500 g/mol. The van der Waals surface area contributed by atoms with E-state index in [9.17, 15) is 9.59 Å². The molecule has 8 nitrogen and oxygen atoms in total. The van der Waals surface area contributed by atoms with Gasteiger partial charge in [-0.2, -0.15) is 0 Å². The number of para-hydroxylation sites is 1. The van der Waals surface area contributed by atoms with Gasteiger partial charge in [-0.05, 0) is 54.8 Å². The number of nitrogens with zero attached hydrogens (tertiary/aromatic N) is 4. The number of hydrogen-bond donors (Lipinski definition) is 1. The number of hydrogen-bond acceptors (Lipinski definition) is 6. The number of amides is 1. The van der Waals surface area contributed by atoms with Crippen LogP contribution in [0.2, 0.25) is 0 Å². The van der Waals surface area contributed by atoms with Gasteiger partial charge in [0.2, 0.25) is 5.91 Å². The van der Waals surface area contributed by atoms with Crippen molar-refractivity contribution in [2.24, 2.45) is 0 Å². The van der Waals surface area contributed by atoms with Crippen LogP contribution in [0, 0.1) is 0 Å². The Balaban J connectivity index is 1.16. The summed E-state index contributed by atoms with van der Waals surface area (Å²) in [5.41, 5.74) is 4.54. The second kappa shape index (κ2) is 9.23. The molecule has 0 atom stereocenters. The third-order valence-electron chi connectivity index (χ3n) is 6.63. The Morgan fingerprint density at radius 2 is 1.97 bits per heavy atom. The predicted molar refractivity (Wildman–Crippen MR) is 139 cm³/mol. The zero-order chi connectivity index (χ0) is 24.6. The van der Waals surface area contributed by atoms with Gasteiger partial charge in [0.25, 0.3) is 5.56 Å². The van der Waals surface area contributed by atoms with E-state index in [0.29, 0.717) is 37.1 Å². The Morgan fingerprint density at radius 1 is 1.14 bits per heavy atom. The lowest BCUT2D eigenvalue weighted by molar-refractivity contribution is -0.132. The summed E-state index contributed by atoms with van der Waals surface area (Å²) in [6.07, 6.45) is 2.53. The lowest BCUT2D eigenvalue weighted by Gasteiger charge is -2.27. The van der Waals surface area contributed by atoms with Crippen molar-refractivity contribution >= 4 is 33.1 Å². The topological polar surface area (TPSA) is 92.6 Å². The fourth-order valence-corrected chi connectivity index (χ4v) is 5.70. The molecular weight excluding hydrogens is 474 g/mol. The molecule has 36 heavy (non-hydrogen) atoms. The summed E-state index contributed by atoms with van der Waals surface area (Å²) in [6, 6.07) is 17.6. The van der Waals surface area contributed by atoms with Crippen molar-refractivity contribution in [2.45, 2.75) is 32.2 Å². The summed E-state index contributed by atoms with van der Waals surface area (Å²) < 4.78 is 7.87. The van der Waals surface area contributed by atoms with E-state index in [1.807, 2.05) is 48.5 Å². The number of carbonyl (C=O) groups excluding carboxylic acids is 1. The minimum Gasteiger partial charge on any atom is -0.497 e. The Labute approximate surface area is 211 Å². The van der Waals surface area contributed by atoms with Crippen LogP contribution < -0.4 is 10.3 Å². The number of nitrogens with one attached hydrogen (secondary N) is 1. The zero-order valence-corrected chi connectivity index (χ0v) is 20.7. The molecule has 5 aromatic rings. The summed E-state index contributed by atoms with van der Waals surface area (Å²) in [7, 11) is 1.63. The van der Waals surface area contributed by atoms with Crippen LogP contribution >= 0.6 is 11.3 Å². The van der Waals surface area contributed by atoms with Crippen molar-refractivity contribution in [3.05, 3.63) is 81.2 Å². The highest BCUT2D eigenvalue weighted by atomic mass is 32.1. The quantitative estimate of drug-likeness (QED) is 0.378. The van der Waals surface area contributed by atoms with Crippen molar-refractivity contribution in [3.63, 3.8) is 0 Å². The molecule has 1 amide bonds. The zero-order valence-electron chi connectivity index (χ0n) is 19.9. The summed E-state index contributed by atoms with van der Waals surface area (Å²) >= 11 is 1.68. The number of aromatic nitrogens is 4. The van der Waals surface area contributed by atoms with Crippen LogP contribution in [0.15, 0.2) is 59.4 Å². The largest absolute Gasteiger partial charge is 0.497 e. The number of fused-ring (bicyclic) bond motifs is 3. The van der Waals surface area contributed by atoms with Crippen LogP contribution in [0.3, 0.4) is 0 Å². The number of thiazole rings is 1. The molecule has 0 radical (unpaired) electrons. The average Bonchev–Trinajstić information content (AvgIpc) is 3.53. The number of benzene rings is 2. The van der Waals surface area contributed by atoms with E-state index in [1.165, 1.54) is 9.22 Å². The van der Waals surface area contributed by atoms with E-state index in [-0.39, 0.29) is 11.5 Å².